The highest BCUT2D eigenvalue weighted by Crippen LogP contribution is 2.21. The number of hydrogen-bond donors (Lipinski definition) is 1. The first-order chi connectivity index (χ1) is 10.8. The molecular formula is C19H17NO2. The zero-order chi connectivity index (χ0) is 15.2. The third kappa shape index (κ3) is 3.51. The van der Waals surface area contributed by atoms with E-state index in [1.165, 1.54) is 0 Å². The zero-order valence-electron chi connectivity index (χ0n) is 12.1. The molecule has 1 heterocycles. The first kappa shape index (κ1) is 14.3. The Labute approximate surface area is 129 Å². The van der Waals surface area contributed by atoms with Gasteiger partial charge in [-0.05, 0) is 41.5 Å². The van der Waals surface area contributed by atoms with Crippen LogP contribution in [0.2, 0.25) is 0 Å². The van der Waals surface area contributed by atoms with Gasteiger partial charge in [-0.3, -0.25) is 4.98 Å². The molecule has 0 unspecified atom stereocenters. The Kier molecular flexibility index (Phi) is 4.47. The summed E-state index contributed by atoms with van der Waals surface area (Å²) in [5, 5.41) is 9.03. The van der Waals surface area contributed by atoms with Crippen LogP contribution in [0.4, 0.5) is 0 Å². The summed E-state index contributed by atoms with van der Waals surface area (Å²) in [6, 6.07) is 21.7. The lowest BCUT2D eigenvalue weighted by molar-refractivity contribution is 0.281. The van der Waals surface area contributed by atoms with Crippen LogP contribution in [0.25, 0.3) is 11.3 Å². The monoisotopic (exact) mass is 291 g/mol. The number of rotatable bonds is 5. The van der Waals surface area contributed by atoms with Crippen molar-refractivity contribution in [1.82, 2.24) is 4.98 Å². The number of nitrogens with zero attached hydrogens (tertiary/aromatic N) is 1. The quantitative estimate of drug-likeness (QED) is 0.777. The molecule has 3 nitrogen and oxygen atoms in total. The minimum absolute atomic E-state index is 0.0134. The van der Waals surface area contributed by atoms with Gasteiger partial charge in [0.25, 0.3) is 0 Å². The summed E-state index contributed by atoms with van der Waals surface area (Å²) >= 11 is 0. The van der Waals surface area contributed by atoms with Gasteiger partial charge in [-0.1, -0.05) is 36.4 Å². The summed E-state index contributed by atoms with van der Waals surface area (Å²) in [7, 11) is 0. The van der Waals surface area contributed by atoms with E-state index < -0.39 is 0 Å². The number of aliphatic hydroxyl groups is 1. The van der Waals surface area contributed by atoms with Crippen molar-refractivity contribution >= 4 is 0 Å². The van der Waals surface area contributed by atoms with Crippen LogP contribution in [0.5, 0.6) is 5.75 Å². The lowest BCUT2D eigenvalue weighted by Gasteiger charge is -2.07. The third-order valence-electron chi connectivity index (χ3n) is 3.41. The van der Waals surface area contributed by atoms with Gasteiger partial charge in [-0.25, -0.2) is 0 Å². The maximum Gasteiger partial charge on any atom is 0.119 e. The van der Waals surface area contributed by atoms with Crippen molar-refractivity contribution in [3.05, 3.63) is 84.1 Å². The molecule has 0 saturated carbocycles. The van der Waals surface area contributed by atoms with Crippen molar-refractivity contribution in [1.29, 1.82) is 0 Å². The van der Waals surface area contributed by atoms with Crippen molar-refractivity contribution in [3.63, 3.8) is 0 Å². The van der Waals surface area contributed by atoms with Crippen molar-refractivity contribution in [2.45, 2.75) is 13.2 Å². The molecule has 0 spiro atoms. The van der Waals surface area contributed by atoms with Crippen LogP contribution < -0.4 is 4.74 Å². The van der Waals surface area contributed by atoms with Crippen LogP contribution in [0.3, 0.4) is 0 Å². The Hall–Kier alpha value is -2.65. The SMILES string of the molecule is OCc1ccc(-c2ccc(OCc3ccccc3)cc2)nc1. The average molecular weight is 291 g/mol. The highest BCUT2D eigenvalue weighted by Gasteiger charge is 2.01. The van der Waals surface area contributed by atoms with Crippen LogP contribution in [0, 0.1) is 0 Å². The van der Waals surface area contributed by atoms with E-state index in [1.807, 2.05) is 66.7 Å². The fourth-order valence-corrected chi connectivity index (χ4v) is 2.15. The second-order valence-electron chi connectivity index (χ2n) is 5.01. The van der Waals surface area contributed by atoms with Crippen LogP contribution in [0.1, 0.15) is 11.1 Å². The molecule has 3 heteroatoms. The van der Waals surface area contributed by atoms with Crippen molar-refractivity contribution < 1.29 is 9.84 Å². The van der Waals surface area contributed by atoms with E-state index in [2.05, 4.69) is 4.98 Å². The molecule has 2 aromatic carbocycles. The summed E-state index contributed by atoms with van der Waals surface area (Å²) in [6.07, 6.45) is 1.69. The van der Waals surface area contributed by atoms with Crippen molar-refractivity contribution in [2.24, 2.45) is 0 Å². The Morgan fingerprint density at radius 3 is 2.23 bits per heavy atom. The van der Waals surface area contributed by atoms with E-state index in [1.54, 1.807) is 6.20 Å². The molecule has 3 aromatic rings. The summed E-state index contributed by atoms with van der Waals surface area (Å²) in [4.78, 5) is 4.34. The number of hydrogen-bond acceptors (Lipinski definition) is 3. The van der Waals surface area contributed by atoms with Gasteiger partial charge in [-0.15, -0.1) is 0 Å². The zero-order valence-corrected chi connectivity index (χ0v) is 12.1. The van der Waals surface area contributed by atoms with Gasteiger partial charge in [0, 0.05) is 11.8 Å². The largest absolute Gasteiger partial charge is 0.489 e. The van der Waals surface area contributed by atoms with Crippen molar-refractivity contribution in [2.75, 3.05) is 0 Å². The van der Waals surface area contributed by atoms with Gasteiger partial charge in [0.1, 0.15) is 12.4 Å². The molecule has 110 valence electrons. The van der Waals surface area contributed by atoms with Gasteiger partial charge in [-0.2, -0.15) is 0 Å². The summed E-state index contributed by atoms with van der Waals surface area (Å²) < 4.78 is 5.77. The molecule has 1 aromatic heterocycles. The molecule has 22 heavy (non-hydrogen) atoms. The molecule has 0 saturated heterocycles. The number of aliphatic hydroxyl groups excluding tert-OH is 1. The topological polar surface area (TPSA) is 42.4 Å². The molecule has 0 aliphatic rings. The predicted molar refractivity (Wildman–Crippen MR) is 86.4 cm³/mol. The van der Waals surface area contributed by atoms with E-state index in [0.29, 0.717) is 6.61 Å². The third-order valence-corrected chi connectivity index (χ3v) is 3.41. The van der Waals surface area contributed by atoms with Gasteiger partial charge in [0.15, 0.2) is 0 Å². The first-order valence-electron chi connectivity index (χ1n) is 7.18. The predicted octanol–water partition coefficient (Wildman–Crippen LogP) is 3.82. The molecule has 0 aliphatic carbocycles. The number of pyridine rings is 1. The van der Waals surface area contributed by atoms with Crippen LogP contribution in [-0.2, 0) is 13.2 Å². The van der Waals surface area contributed by atoms with Crippen LogP contribution in [0.15, 0.2) is 72.9 Å². The lowest BCUT2D eigenvalue weighted by atomic mass is 10.1. The van der Waals surface area contributed by atoms with Gasteiger partial charge in [0.05, 0.1) is 12.3 Å². The summed E-state index contributed by atoms with van der Waals surface area (Å²) in [5.74, 6) is 0.833. The molecule has 0 fully saturated rings. The van der Waals surface area contributed by atoms with Crippen molar-refractivity contribution in [3.8, 4) is 17.0 Å². The van der Waals surface area contributed by atoms with E-state index in [0.717, 1.165) is 28.1 Å². The average Bonchev–Trinajstić information content (AvgIpc) is 2.61. The number of ether oxygens (including phenoxy) is 1. The minimum Gasteiger partial charge on any atom is -0.489 e. The fraction of sp³-hybridized carbons (Fsp3) is 0.105. The molecule has 0 radical (unpaired) electrons. The normalized spacial score (nSPS) is 10.4. The Morgan fingerprint density at radius 2 is 1.59 bits per heavy atom. The van der Waals surface area contributed by atoms with Gasteiger partial charge >= 0.3 is 0 Å². The molecule has 1 N–H and O–H groups in total. The maximum absolute atomic E-state index is 9.03. The van der Waals surface area contributed by atoms with E-state index in [9.17, 15) is 0 Å². The Morgan fingerprint density at radius 1 is 0.818 bits per heavy atom. The highest BCUT2D eigenvalue weighted by molar-refractivity contribution is 5.60. The standard InChI is InChI=1S/C19H17NO2/c21-13-16-6-11-19(20-12-16)17-7-9-18(10-8-17)22-14-15-4-2-1-3-5-15/h1-12,21H,13-14H2. The number of aromatic nitrogens is 1. The molecule has 0 amide bonds. The van der Waals surface area contributed by atoms with Crippen LogP contribution >= 0.6 is 0 Å². The molecule has 3 rings (SSSR count). The van der Waals surface area contributed by atoms with Gasteiger partial charge < -0.3 is 9.84 Å². The maximum atomic E-state index is 9.03. The summed E-state index contributed by atoms with van der Waals surface area (Å²) in [6.45, 7) is 0.573. The second kappa shape index (κ2) is 6.87. The highest BCUT2D eigenvalue weighted by atomic mass is 16.5. The minimum atomic E-state index is 0.0134. The van der Waals surface area contributed by atoms with E-state index in [-0.39, 0.29) is 6.61 Å². The van der Waals surface area contributed by atoms with Gasteiger partial charge in [0.2, 0.25) is 0 Å². The van der Waals surface area contributed by atoms with Crippen LogP contribution in [-0.4, -0.2) is 10.1 Å². The molecule has 0 atom stereocenters. The molecule has 0 aliphatic heterocycles. The van der Waals surface area contributed by atoms with E-state index in [4.69, 9.17) is 9.84 Å². The fourth-order valence-electron chi connectivity index (χ4n) is 2.15. The Bertz CT molecular complexity index is 707. The van der Waals surface area contributed by atoms with E-state index >= 15 is 0 Å². The first-order valence-corrected chi connectivity index (χ1v) is 7.18. The lowest BCUT2D eigenvalue weighted by Crippen LogP contribution is -1.95. The smallest absolute Gasteiger partial charge is 0.119 e. The number of benzene rings is 2. The molecule has 0 bridgehead atoms. The molecular weight excluding hydrogens is 274 g/mol. The Balaban J connectivity index is 1.67. The summed E-state index contributed by atoms with van der Waals surface area (Å²) in [5.41, 5.74) is 3.86. The second-order valence-corrected chi connectivity index (χ2v) is 5.01.